The summed E-state index contributed by atoms with van der Waals surface area (Å²) >= 11 is 2.98. The molecule has 2 aliphatic heterocycles. The second kappa shape index (κ2) is 7.05. The largest absolute Gasteiger partial charge is 0.382 e. The Hall–Kier alpha value is -2.56. The summed E-state index contributed by atoms with van der Waals surface area (Å²) in [5, 5.41) is 0.415. The maximum Gasteiger partial charge on any atom is 0.265 e. The number of nitrogens with two attached hydrogens (primary N) is 2. The Morgan fingerprint density at radius 1 is 1.10 bits per heavy atom. The number of piperidine rings is 1. The van der Waals surface area contributed by atoms with E-state index in [1.54, 1.807) is 29.9 Å². The van der Waals surface area contributed by atoms with Gasteiger partial charge in [0, 0.05) is 24.4 Å². The molecule has 29 heavy (non-hydrogen) atoms. The second-order valence-corrected chi connectivity index (χ2v) is 9.42. The van der Waals surface area contributed by atoms with Gasteiger partial charge in [0.05, 0.1) is 41.4 Å². The summed E-state index contributed by atoms with van der Waals surface area (Å²) in [7, 11) is 0. The number of carbonyl (C=O) groups excluding carboxylic acids is 1. The molecule has 3 aromatic heterocycles. The Kier molecular flexibility index (Phi) is 4.49. The van der Waals surface area contributed by atoms with Gasteiger partial charge < -0.3 is 21.1 Å². The molecule has 1 saturated heterocycles. The predicted molar refractivity (Wildman–Crippen MR) is 113 cm³/mol. The number of fused-ring (bicyclic) bond motifs is 2. The Balaban J connectivity index is 1.38. The lowest BCUT2D eigenvalue weighted by atomic mass is 9.82. The van der Waals surface area contributed by atoms with Gasteiger partial charge in [-0.15, -0.1) is 11.3 Å². The van der Waals surface area contributed by atoms with Gasteiger partial charge in [0.15, 0.2) is 5.13 Å². The summed E-state index contributed by atoms with van der Waals surface area (Å²) < 4.78 is 6.32. The average Bonchev–Trinajstić information content (AvgIpc) is 3.36. The Labute approximate surface area is 175 Å². The maximum atomic E-state index is 12.7. The van der Waals surface area contributed by atoms with Gasteiger partial charge in [-0.3, -0.25) is 4.79 Å². The minimum absolute atomic E-state index is 0.00626. The van der Waals surface area contributed by atoms with Crippen LogP contribution in [0, 0.1) is 0 Å². The SMILES string of the molecule is Nc1cnc(-c2cc3c(s2)CCOC32CCN(C(=O)c3cnc(N)s3)CC2)cn1. The Morgan fingerprint density at radius 2 is 1.93 bits per heavy atom. The van der Waals surface area contributed by atoms with Crippen molar-refractivity contribution in [1.29, 1.82) is 0 Å². The molecule has 0 atom stereocenters. The third kappa shape index (κ3) is 3.26. The average molecular weight is 429 g/mol. The predicted octanol–water partition coefficient (Wildman–Crippen LogP) is 2.53. The van der Waals surface area contributed by atoms with Crippen molar-refractivity contribution in [3.8, 4) is 10.6 Å². The molecule has 4 N–H and O–H groups in total. The van der Waals surface area contributed by atoms with E-state index < -0.39 is 0 Å². The van der Waals surface area contributed by atoms with Crippen LogP contribution < -0.4 is 11.5 Å². The van der Waals surface area contributed by atoms with Gasteiger partial charge in [-0.25, -0.2) is 15.0 Å². The van der Waals surface area contributed by atoms with E-state index in [1.807, 2.05) is 4.90 Å². The Bertz CT molecular complexity index is 1050. The van der Waals surface area contributed by atoms with Gasteiger partial charge in [-0.2, -0.15) is 0 Å². The van der Waals surface area contributed by atoms with Crippen LogP contribution in [0.25, 0.3) is 10.6 Å². The first-order valence-corrected chi connectivity index (χ1v) is 11.0. The number of ether oxygens (including phenoxy) is 1. The quantitative estimate of drug-likeness (QED) is 0.643. The molecule has 3 aromatic rings. The summed E-state index contributed by atoms with van der Waals surface area (Å²) in [6.45, 7) is 1.98. The van der Waals surface area contributed by atoms with Crippen LogP contribution in [0.1, 0.15) is 33.0 Å². The highest BCUT2D eigenvalue weighted by atomic mass is 32.1. The zero-order valence-corrected chi connectivity index (χ0v) is 17.3. The van der Waals surface area contributed by atoms with Crippen molar-refractivity contribution >= 4 is 39.5 Å². The first-order valence-electron chi connectivity index (χ1n) is 9.40. The van der Waals surface area contributed by atoms with Crippen molar-refractivity contribution in [3.63, 3.8) is 0 Å². The van der Waals surface area contributed by atoms with Gasteiger partial charge in [0.2, 0.25) is 0 Å². The molecule has 2 aliphatic rings. The molecule has 0 saturated carbocycles. The molecule has 5 rings (SSSR count). The third-order valence-electron chi connectivity index (χ3n) is 5.52. The van der Waals surface area contributed by atoms with Crippen LogP contribution in [-0.4, -0.2) is 45.5 Å². The lowest BCUT2D eigenvalue weighted by molar-refractivity contribution is -0.0926. The molecule has 0 radical (unpaired) electrons. The van der Waals surface area contributed by atoms with Crippen LogP contribution in [0.5, 0.6) is 0 Å². The highest BCUT2D eigenvalue weighted by Gasteiger charge is 2.43. The van der Waals surface area contributed by atoms with Crippen molar-refractivity contribution in [2.75, 3.05) is 31.2 Å². The van der Waals surface area contributed by atoms with Crippen molar-refractivity contribution < 1.29 is 9.53 Å². The number of amides is 1. The smallest absolute Gasteiger partial charge is 0.265 e. The van der Waals surface area contributed by atoms with Crippen LogP contribution in [0.15, 0.2) is 24.7 Å². The molecule has 0 aromatic carbocycles. The van der Waals surface area contributed by atoms with E-state index in [0.29, 0.717) is 35.5 Å². The first kappa shape index (κ1) is 18.5. The molecule has 0 bridgehead atoms. The van der Waals surface area contributed by atoms with Crippen LogP contribution in [0.4, 0.5) is 10.9 Å². The fourth-order valence-corrected chi connectivity index (χ4v) is 5.88. The van der Waals surface area contributed by atoms with Crippen molar-refractivity contribution in [1.82, 2.24) is 19.9 Å². The van der Waals surface area contributed by atoms with Crippen molar-refractivity contribution in [3.05, 3.63) is 40.0 Å². The maximum absolute atomic E-state index is 12.7. The molecular formula is C19H20N6O2S2. The monoisotopic (exact) mass is 428 g/mol. The number of likely N-dealkylation sites (tertiary alicyclic amines) is 1. The number of nitrogen functional groups attached to an aromatic ring is 2. The van der Waals surface area contributed by atoms with E-state index >= 15 is 0 Å². The minimum atomic E-state index is -0.340. The molecule has 0 unspecified atom stereocenters. The fraction of sp³-hybridized carbons (Fsp3) is 0.368. The summed E-state index contributed by atoms with van der Waals surface area (Å²) in [6, 6.07) is 2.18. The third-order valence-corrected chi connectivity index (χ3v) is 7.56. The van der Waals surface area contributed by atoms with Crippen molar-refractivity contribution in [2.45, 2.75) is 24.9 Å². The standard InChI is InChI=1S/C19H20N6O2S2/c20-16-10-22-12(8-23-16)14-7-11-13(28-14)1-6-27-19(11)2-4-25(5-3-19)17(26)15-9-24-18(21)29-15/h7-10H,1-6H2,(H2,20,23)(H2,21,24). The zero-order chi connectivity index (χ0) is 20.0. The van der Waals surface area contributed by atoms with Gasteiger partial charge >= 0.3 is 0 Å². The molecule has 8 nitrogen and oxygen atoms in total. The van der Waals surface area contributed by atoms with Crippen LogP contribution in [-0.2, 0) is 16.8 Å². The second-order valence-electron chi connectivity index (χ2n) is 7.22. The number of hydrogen-bond acceptors (Lipinski definition) is 9. The minimum Gasteiger partial charge on any atom is -0.382 e. The number of hydrogen-bond donors (Lipinski definition) is 2. The Morgan fingerprint density at radius 3 is 2.62 bits per heavy atom. The normalized spacial score (nSPS) is 18.0. The summed E-state index contributed by atoms with van der Waals surface area (Å²) in [4.78, 5) is 30.1. The van der Waals surface area contributed by atoms with E-state index in [9.17, 15) is 4.79 Å². The summed E-state index contributed by atoms with van der Waals surface area (Å²) in [6.07, 6.45) is 7.28. The van der Waals surface area contributed by atoms with E-state index in [0.717, 1.165) is 29.8 Å². The fourth-order valence-electron chi connectivity index (χ4n) is 4.04. The van der Waals surface area contributed by atoms with Crippen LogP contribution in [0.2, 0.25) is 0 Å². The number of carbonyl (C=O) groups is 1. The molecule has 10 heteroatoms. The van der Waals surface area contributed by atoms with Crippen LogP contribution >= 0.6 is 22.7 Å². The number of rotatable bonds is 2. The highest BCUT2D eigenvalue weighted by Crippen LogP contribution is 2.46. The van der Waals surface area contributed by atoms with Gasteiger partial charge in [-0.05, 0) is 24.5 Å². The van der Waals surface area contributed by atoms with Crippen LogP contribution in [0.3, 0.4) is 0 Å². The van der Waals surface area contributed by atoms with E-state index in [-0.39, 0.29) is 11.5 Å². The highest BCUT2D eigenvalue weighted by molar-refractivity contribution is 7.17. The summed E-state index contributed by atoms with van der Waals surface area (Å²) in [5.74, 6) is 0.405. The molecule has 0 aliphatic carbocycles. The van der Waals surface area contributed by atoms with Gasteiger partial charge in [0.1, 0.15) is 10.7 Å². The van der Waals surface area contributed by atoms with E-state index in [1.165, 1.54) is 21.8 Å². The van der Waals surface area contributed by atoms with Crippen molar-refractivity contribution in [2.24, 2.45) is 0 Å². The van der Waals surface area contributed by atoms with Gasteiger partial charge in [0.25, 0.3) is 5.91 Å². The molecule has 5 heterocycles. The number of thiazole rings is 1. The molecule has 1 spiro atoms. The topological polar surface area (TPSA) is 120 Å². The number of aromatic nitrogens is 3. The van der Waals surface area contributed by atoms with E-state index in [4.69, 9.17) is 16.2 Å². The molecule has 150 valence electrons. The summed E-state index contributed by atoms with van der Waals surface area (Å²) in [5.41, 5.74) is 13.0. The molecular weight excluding hydrogens is 408 g/mol. The number of anilines is 2. The number of nitrogens with zero attached hydrogens (tertiary/aromatic N) is 4. The van der Waals surface area contributed by atoms with Gasteiger partial charge in [-0.1, -0.05) is 11.3 Å². The molecule has 1 fully saturated rings. The first-order chi connectivity index (χ1) is 14.0. The lowest BCUT2D eigenvalue weighted by Gasteiger charge is -2.44. The zero-order valence-electron chi connectivity index (χ0n) is 15.6. The number of thiophene rings is 1. The molecule has 1 amide bonds. The lowest BCUT2D eigenvalue weighted by Crippen LogP contribution is -2.47. The van der Waals surface area contributed by atoms with E-state index in [2.05, 4.69) is 21.0 Å².